The minimum Gasteiger partial charge on any atom is -0.382 e. The largest absolute Gasteiger partial charge is 0.382 e. The van der Waals surface area contributed by atoms with Gasteiger partial charge in [0.05, 0.1) is 17.7 Å². The Morgan fingerprint density at radius 2 is 2.21 bits per heavy atom. The van der Waals surface area contributed by atoms with Gasteiger partial charge in [-0.25, -0.2) is 0 Å². The number of hydrogen-bond donors (Lipinski definition) is 1. The number of pyridine rings is 1. The smallest absolute Gasteiger partial charge is 0.0751 e. The highest BCUT2D eigenvalue weighted by molar-refractivity contribution is 5.93. The van der Waals surface area contributed by atoms with E-state index in [-0.39, 0.29) is 0 Å². The molecule has 0 amide bonds. The number of ether oxygens (including phenoxy) is 1. The summed E-state index contributed by atoms with van der Waals surface area (Å²) in [5.74, 6) is 0. The fourth-order valence-corrected chi connectivity index (χ4v) is 2.73. The van der Waals surface area contributed by atoms with Gasteiger partial charge in [0.25, 0.3) is 0 Å². The molecule has 1 fully saturated rings. The van der Waals surface area contributed by atoms with Crippen molar-refractivity contribution in [3.05, 3.63) is 36.0 Å². The molecule has 1 N–H and O–H groups in total. The van der Waals surface area contributed by atoms with Crippen LogP contribution < -0.4 is 5.32 Å². The van der Waals surface area contributed by atoms with Gasteiger partial charge in [-0.15, -0.1) is 0 Å². The van der Waals surface area contributed by atoms with Gasteiger partial charge in [-0.1, -0.05) is 6.07 Å². The van der Waals surface area contributed by atoms with E-state index in [2.05, 4.69) is 42.3 Å². The summed E-state index contributed by atoms with van der Waals surface area (Å²) in [6.45, 7) is 5.11. The highest BCUT2D eigenvalue weighted by atomic mass is 16.5. The zero-order valence-corrected chi connectivity index (χ0v) is 11.5. The lowest BCUT2D eigenvalue weighted by atomic mass is 10.1. The first-order chi connectivity index (χ1) is 9.24. The molecule has 3 heteroatoms. The highest BCUT2D eigenvalue weighted by Gasteiger charge is 2.21. The molecule has 100 valence electrons. The molecule has 0 saturated carbocycles. The molecule has 1 aromatic heterocycles. The summed E-state index contributed by atoms with van der Waals surface area (Å²) in [5.41, 5.74) is 3.44. The fraction of sp³-hybridized carbons (Fsp3) is 0.438. The van der Waals surface area contributed by atoms with Crippen molar-refractivity contribution in [1.82, 2.24) is 4.98 Å². The van der Waals surface area contributed by atoms with Gasteiger partial charge in [-0.2, -0.15) is 0 Å². The first-order valence-electron chi connectivity index (χ1n) is 6.97. The summed E-state index contributed by atoms with van der Waals surface area (Å²) in [6, 6.07) is 8.37. The molecular formula is C16H20N2O. The van der Waals surface area contributed by atoms with Crippen LogP contribution in [0.4, 0.5) is 5.69 Å². The quantitative estimate of drug-likeness (QED) is 0.912. The second kappa shape index (κ2) is 5.17. The molecule has 2 aromatic rings. The van der Waals surface area contributed by atoms with Gasteiger partial charge in [0.1, 0.15) is 0 Å². The van der Waals surface area contributed by atoms with Crippen LogP contribution in [0.25, 0.3) is 10.9 Å². The lowest BCUT2D eigenvalue weighted by Gasteiger charge is -2.15. The summed E-state index contributed by atoms with van der Waals surface area (Å²) in [7, 11) is 0. The van der Waals surface area contributed by atoms with Crippen molar-refractivity contribution in [3.8, 4) is 0 Å². The van der Waals surface area contributed by atoms with Crippen LogP contribution in [-0.2, 0) is 4.74 Å². The van der Waals surface area contributed by atoms with Crippen molar-refractivity contribution < 1.29 is 4.74 Å². The number of aromatic nitrogens is 1. The van der Waals surface area contributed by atoms with Crippen LogP contribution >= 0.6 is 0 Å². The Kier molecular flexibility index (Phi) is 3.38. The van der Waals surface area contributed by atoms with Crippen LogP contribution in [0.15, 0.2) is 30.5 Å². The number of nitrogens with zero attached hydrogens (tertiary/aromatic N) is 1. The van der Waals surface area contributed by atoms with Gasteiger partial charge in [0.2, 0.25) is 0 Å². The van der Waals surface area contributed by atoms with E-state index in [1.807, 2.05) is 12.3 Å². The van der Waals surface area contributed by atoms with Crippen LogP contribution in [0.1, 0.15) is 25.3 Å². The van der Waals surface area contributed by atoms with Crippen molar-refractivity contribution in [1.29, 1.82) is 0 Å². The number of fused-ring (bicyclic) bond motifs is 1. The number of rotatable bonds is 3. The van der Waals surface area contributed by atoms with Crippen molar-refractivity contribution in [3.63, 3.8) is 0 Å². The average molecular weight is 256 g/mol. The van der Waals surface area contributed by atoms with Gasteiger partial charge in [-0.3, -0.25) is 4.98 Å². The Morgan fingerprint density at radius 1 is 1.32 bits per heavy atom. The normalized spacial score (nSPS) is 22.8. The third-order valence-corrected chi connectivity index (χ3v) is 3.81. The van der Waals surface area contributed by atoms with E-state index in [1.54, 1.807) is 0 Å². The number of nitrogens with one attached hydrogen (secondary N) is 1. The van der Waals surface area contributed by atoms with Gasteiger partial charge in [0.15, 0.2) is 0 Å². The maximum atomic E-state index is 5.84. The maximum Gasteiger partial charge on any atom is 0.0751 e. The fourth-order valence-electron chi connectivity index (χ4n) is 2.73. The molecule has 19 heavy (non-hydrogen) atoms. The molecule has 1 aliphatic rings. The van der Waals surface area contributed by atoms with E-state index in [9.17, 15) is 0 Å². The molecule has 1 aromatic carbocycles. The molecule has 0 spiro atoms. The molecule has 3 nitrogen and oxygen atoms in total. The third kappa shape index (κ3) is 2.56. The first-order valence-corrected chi connectivity index (χ1v) is 6.97. The van der Waals surface area contributed by atoms with Crippen molar-refractivity contribution in [2.75, 3.05) is 11.9 Å². The Balaban J connectivity index is 1.79. The van der Waals surface area contributed by atoms with Crippen LogP contribution in [0.2, 0.25) is 0 Å². The predicted octanol–water partition coefficient (Wildman–Crippen LogP) is 3.52. The summed E-state index contributed by atoms with van der Waals surface area (Å²) >= 11 is 0. The maximum absolute atomic E-state index is 5.84. The van der Waals surface area contributed by atoms with Crippen LogP contribution in [0.3, 0.4) is 0 Å². The van der Waals surface area contributed by atoms with Gasteiger partial charge in [-0.05, 0) is 50.5 Å². The van der Waals surface area contributed by atoms with E-state index in [4.69, 9.17) is 4.74 Å². The standard InChI is InChI=1S/C16H20N2O/c1-11-5-8-15(14-4-3-9-17-16(11)14)18-10-13-7-6-12(2)19-13/h3-5,8-9,12-13,18H,6-7,10H2,1-2H3. The minimum atomic E-state index is 0.336. The lowest BCUT2D eigenvalue weighted by Crippen LogP contribution is -2.19. The molecule has 2 unspecified atom stereocenters. The van der Waals surface area contributed by atoms with Crippen molar-refractivity contribution in [2.45, 2.75) is 38.9 Å². The van der Waals surface area contributed by atoms with Gasteiger partial charge >= 0.3 is 0 Å². The van der Waals surface area contributed by atoms with Crippen molar-refractivity contribution >= 4 is 16.6 Å². The van der Waals surface area contributed by atoms with Crippen LogP contribution in [-0.4, -0.2) is 23.7 Å². The summed E-state index contributed by atoms with van der Waals surface area (Å²) < 4.78 is 5.84. The molecule has 0 radical (unpaired) electrons. The molecule has 1 aliphatic heterocycles. The number of anilines is 1. The Labute approximate surface area is 114 Å². The average Bonchev–Trinajstić information content (AvgIpc) is 2.84. The SMILES string of the molecule is Cc1ccc(NCC2CCC(C)O2)c2cccnc12. The van der Waals surface area contributed by atoms with Gasteiger partial charge in [0, 0.05) is 23.8 Å². The summed E-state index contributed by atoms with van der Waals surface area (Å²) in [4.78, 5) is 4.46. The minimum absolute atomic E-state index is 0.336. The Hall–Kier alpha value is -1.61. The number of aryl methyl sites for hydroxylation is 1. The highest BCUT2D eigenvalue weighted by Crippen LogP contribution is 2.25. The monoisotopic (exact) mass is 256 g/mol. The molecule has 2 heterocycles. The molecule has 1 saturated heterocycles. The second-order valence-electron chi connectivity index (χ2n) is 5.36. The zero-order chi connectivity index (χ0) is 13.2. The Bertz CT molecular complexity index is 582. The number of hydrogen-bond acceptors (Lipinski definition) is 3. The van der Waals surface area contributed by atoms with E-state index >= 15 is 0 Å². The van der Waals surface area contributed by atoms with Gasteiger partial charge < -0.3 is 10.1 Å². The van der Waals surface area contributed by atoms with E-state index in [0.717, 1.165) is 24.2 Å². The molecule has 3 rings (SSSR count). The van der Waals surface area contributed by atoms with E-state index in [0.29, 0.717) is 12.2 Å². The molecule has 2 atom stereocenters. The first kappa shape index (κ1) is 12.4. The molecule has 0 bridgehead atoms. The summed E-state index contributed by atoms with van der Waals surface area (Å²) in [5, 5.41) is 4.70. The van der Waals surface area contributed by atoms with Crippen LogP contribution in [0.5, 0.6) is 0 Å². The van der Waals surface area contributed by atoms with Crippen LogP contribution in [0, 0.1) is 6.92 Å². The van der Waals surface area contributed by atoms with E-state index < -0.39 is 0 Å². The predicted molar refractivity (Wildman–Crippen MR) is 78.5 cm³/mol. The molecular weight excluding hydrogens is 236 g/mol. The lowest BCUT2D eigenvalue weighted by molar-refractivity contribution is 0.0637. The summed E-state index contributed by atoms with van der Waals surface area (Å²) in [6.07, 6.45) is 4.91. The second-order valence-corrected chi connectivity index (χ2v) is 5.36. The number of benzene rings is 1. The molecule has 0 aliphatic carbocycles. The topological polar surface area (TPSA) is 34.1 Å². The zero-order valence-electron chi connectivity index (χ0n) is 11.5. The third-order valence-electron chi connectivity index (χ3n) is 3.81. The van der Waals surface area contributed by atoms with E-state index in [1.165, 1.54) is 17.4 Å². The van der Waals surface area contributed by atoms with Crippen molar-refractivity contribution in [2.24, 2.45) is 0 Å². The Morgan fingerprint density at radius 3 is 3.00 bits per heavy atom.